The molecule has 0 spiro atoms. The standard InChI is InChI=1S/C16H19IN4/c1-10-7-8-19-9-12(10)15-20-14(11-5-3-4-6-11)13(17)16(18-2)21-15/h7-9,11H,3-6H2,1-2H3,(H,18,20,21). The summed E-state index contributed by atoms with van der Waals surface area (Å²) >= 11 is 2.37. The quantitative estimate of drug-likeness (QED) is 0.795. The fourth-order valence-electron chi connectivity index (χ4n) is 2.92. The van der Waals surface area contributed by atoms with E-state index in [0.29, 0.717) is 5.92 Å². The molecule has 0 unspecified atom stereocenters. The molecule has 3 rings (SSSR count). The third-order valence-electron chi connectivity index (χ3n) is 4.14. The van der Waals surface area contributed by atoms with Gasteiger partial charge in [-0.05, 0) is 54.0 Å². The van der Waals surface area contributed by atoms with E-state index < -0.39 is 0 Å². The lowest BCUT2D eigenvalue weighted by atomic mass is 10.0. The summed E-state index contributed by atoms with van der Waals surface area (Å²) in [6, 6.07) is 2.00. The Kier molecular flexibility index (Phi) is 4.37. The number of nitrogens with zero attached hydrogens (tertiary/aromatic N) is 3. The summed E-state index contributed by atoms with van der Waals surface area (Å²) in [4.78, 5) is 13.8. The maximum atomic E-state index is 4.90. The first-order valence-corrected chi connectivity index (χ1v) is 8.44. The van der Waals surface area contributed by atoms with Gasteiger partial charge in [-0.3, -0.25) is 4.98 Å². The van der Waals surface area contributed by atoms with Crippen LogP contribution in [0.3, 0.4) is 0 Å². The van der Waals surface area contributed by atoms with Gasteiger partial charge in [-0.25, -0.2) is 9.97 Å². The van der Waals surface area contributed by atoms with Crippen LogP contribution in [-0.2, 0) is 0 Å². The van der Waals surface area contributed by atoms with E-state index in [1.165, 1.54) is 31.4 Å². The molecule has 1 aliphatic carbocycles. The van der Waals surface area contributed by atoms with E-state index in [9.17, 15) is 0 Å². The molecule has 1 N–H and O–H groups in total. The third-order valence-corrected chi connectivity index (χ3v) is 5.20. The predicted octanol–water partition coefficient (Wildman–Crippen LogP) is 4.15. The minimum atomic E-state index is 0.572. The highest BCUT2D eigenvalue weighted by atomic mass is 127. The van der Waals surface area contributed by atoms with Crippen molar-refractivity contribution in [2.75, 3.05) is 12.4 Å². The number of nitrogens with one attached hydrogen (secondary N) is 1. The number of hydrogen-bond acceptors (Lipinski definition) is 4. The molecule has 1 fully saturated rings. The smallest absolute Gasteiger partial charge is 0.163 e. The first-order valence-electron chi connectivity index (χ1n) is 7.37. The minimum absolute atomic E-state index is 0.572. The number of pyridine rings is 1. The normalized spacial score (nSPS) is 15.4. The SMILES string of the molecule is CNc1nc(-c2cnccc2C)nc(C2CCCC2)c1I. The second-order valence-corrected chi connectivity index (χ2v) is 6.60. The number of aryl methyl sites for hydroxylation is 1. The van der Waals surface area contributed by atoms with E-state index in [2.05, 4.69) is 44.8 Å². The molecule has 2 aromatic rings. The zero-order valence-electron chi connectivity index (χ0n) is 12.4. The Balaban J connectivity index is 2.13. The number of aromatic nitrogens is 3. The van der Waals surface area contributed by atoms with Gasteiger partial charge in [0.1, 0.15) is 5.82 Å². The molecule has 110 valence electrons. The van der Waals surface area contributed by atoms with Gasteiger partial charge in [-0.2, -0.15) is 0 Å². The van der Waals surface area contributed by atoms with E-state index in [-0.39, 0.29) is 0 Å². The van der Waals surface area contributed by atoms with Crippen molar-refractivity contribution in [2.45, 2.75) is 38.5 Å². The molecule has 2 heterocycles. The molecule has 4 nitrogen and oxygen atoms in total. The van der Waals surface area contributed by atoms with E-state index >= 15 is 0 Å². The largest absolute Gasteiger partial charge is 0.372 e. The highest BCUT2D eigenvalue weighted by molar-refractivity contribution is 14.1. The Hall–Kier alpha value is -1.24. The molecule has 1 saturated carbocycles. The second kappa shape index (κ2) is 6.25. The minimum Gasteiger partial charge on any atom is -0.372 e. The lowest BCUT2D eigenvalue weighted by molar-refractivity contribution is 0.690. The zero-order valence-corrected chi connectivity index (χ0v) is 14.5. The van der Waals surface area contributed by atoms with Gasteiger partial charge < -0.3 is 5.32 Å². The van der Waals surface area contributed by atoms with Gasteiger partial charge in [0.15, 0.2) is 5.82 Å². The molecule has 0 saturated heterocycles. The molecule has 1 aliphatic rings. The molecule has 21 heavy (non-hydrogen) atoms. The first kappa shape index (κ1) is 14.7. The molecule has 2 aromatic heterocycles. The summed E-state index contributed by atoms with van der Waals surface area (Å²) in [5.41, 5.74) is 3.38. The van der Waals surface area contributed by atoms with Gasteiger partial charge in [-0.1, -0.05) is 12.8 Å². The van der Waals surface area contributed by atoms with Crippen molar-refractivity contribution in [1.82, 2.24) is 15.0 Å². The van der Waals surface area contributed by atoms with Crippen LogP contribution in [0.2, 0.25) is 0 Å². The highest BCUT2D eigenvalue weighted by Gasteiger charge is 2.24. The van der Waals surface area contributed by atoms with Crippen LogP contribution in [0.1, 0.15) is 42.9 Å². The summed E-state index contributed by atoms with van der Waals surface area (Å²) in [5.74, 6) is 2.28. The predicted molar refractivity (Wildman–Crippen MR) is 93.5 cm³/mol. The van der Waals surface area contributed by atoms with Crippen LogP contribution in [0.25, 0.3) is 11.4 Å². The van der Waals surface area contributed by atoms with Crippen molar-refractivity contribution < 1.29 is 0 Å². The van der Waals surface area contributed by atoms with Gasteiger partial charge in [0.05, 0.1) is 9.26 Å². The van der Waals surface area contributed by atoms with Crippen LogP contribution < -0.4 is 5.32 Å². The molecular weight excluding hydrogens is 375 g/mol. The molecule has 5 heteroatoms. The van der Waals surface area contributed by atoms with E-state index in [4.69, 9.17) is 4.98 Å². The van der Waals surface area contributed by atoms with Gasteiger partial charge in [0.2, 0.25) is 0 Å². The van der Waals surface area contributed by atoms with Gasteiger partial charge in [0.25, 0.3) is 0 Å². The highest BCUT2D eigenvalue weighted by Crippen LogP contribution is 2.38. The number of anilines is 1. The van der Waals surface area contributed by atoms with Crippen molar-refractivity contribution in [3.8, 4) is 11.4 Å². The van der Waals surface area contributed by atoms with Crippen molar-refractivity contribution in [3.05, 3.63) is 33.3 Å². The summed E-state index contributed by atoms with van der Waals surface area (Å²) in [6.07, 6.45) is 8.75. The van der Waals surface area contributed by atoms with Crippen molar-refractivity contribution in [1.29, 1.82) is 0 Å². The lowest BCUT2D eigenvalue weighted by Crippen LogP contribution is -2.08. The average Bonchev–Trinajstić information content (AvgIpc) is 3.02. The van der Waals surface area contributed by atoms with Crippen LogP contribution in [0.5, 0.6) is 0 Å². The molecule has 0 aromatic carbocycles. The monoisotopic (exact) mass is 394 g/mol. The Morgan fingerprint density at radius 1 is 1.24 bits per heavy atom. The number of rotatable bonds is 3. The Morgan fingerprint density at radius 3 is 2.67 bits per heavy atom. The van der Waals surface area contributed by atoms with Crippen LogP contribution in [0, 0.1) is 10.5 Å². The van der Waals surface area contributed by atoms with Gasteiger partial charge in [-0.15, -0.1) is 0 Å². The Bertz CT molecular complexity index is 651. The maximum absolute atomic E-state index is 4.90. The lowest BCUT2D eigenvalue weighted by Gasteiger charge is -2.16. The molecule has 0 atom stereocenters. The Labute approximate surface area is 139 Å². The molecule has 0 bridgehead atoms. The summed E-state index contributed by atoms with van der Waals surface area (Å²) < 4.78 is 1.16. The van der Waals surface area contributed by atoms with E-state index in [1.807, 2.05) is 25.5 Å². The average molecular weight is 394 g/mol. The van der Waals surface area contributed by atoms with E-state index in [0.717, 1.165) is 26.3 Å². The second-order valence-electron chi connectivity index (χ2n) is 5.52. The molecule has 0 aliphatic heterocycles. The van der Waals surface area contributed by atoms with Crippen LogP contribution in [-0.4, -0.2) is 22.0 Å². The summed E-state index contributed by atoms with van der Waals surface area (Å²) in [7, 11) is 1.92. The fraction of sp³-hybridized carbons (Fsp3) is 0.438. The number of hydrogen-bond donors (Lipinski definition) is 1. The van der Waals surface area contributed by atoms with Crippen LogP contribution >= 0.6 is 22.6 Å². The van der Waals surface area contributed by atoms with Crippen LogP contribution in [0.4, 0.5) is 5.82 Å². The van der Waals surface area contributed by atoms with Crippen molar-refractivity contribution in [3.63, 3.8) is 0 Å². The van der Waals surface area contributed by atoms with Gasteiger partial charge >= 0.3 is 0 Å². The third kappa shape index (κ3) is 2.88. The molecule has 0 amide bonds. The van der Waals surface area contributed by atoms with Crippen LogP contribution in [0.15, 0.2) is 18.5 Å². The summed E-state index contributed by atoms with van der Waals surface area (Å²) in [6.45, 7) is 2.08. The zero-order chi connectivity index (χ0) is 14.8. The molecule has 0 radical (unpaired) electrons. The molecular formula is C16H19IN4. The fourth-order valence-corrected chi connectivity index (χ4v) is 3.87. The topological polar surface area (TPSA) is 50.7 Å². The van der Waals surface area contributed by atoms with Crippen molar-refractivity contribution >= 4 is 28.4 Å². The summed E-state index contributed by atoms with van der Waals surface area (Å²) in [5, 5.41) is 3.21. The Morgan fingerprint density at radius 2 is 2.00 bits per heavy atom. The first-order chi connectivity index (χ1) is 10.2. The number of halogens is 1. The van der Waals surface area contributed by atoms with Gasteiger partial charge in [0, 0.05) is 30.9 Å². The van der Waals surface area contributed by atoms with Crippen molar-refractivity contribution in [2.24, 2.45) is 0 Å². The maximum Gasteiger partial charge on any atom is 0.163 e. The van der Waals surface area contributed by atoms with E-state index in [1.54, 1.807) is 0 Å².